The van der Waals surface area contributed by atoms with Crippen molar-refractivity contribution >= 4 is 5.82 Å². The van der Waals surface area contributed by atoms with Gasteiger partial charge >= 0.3 is 0 Å². The molecule has 0 radical (unpaired) electrons. The molecule has 1 aromatic heterocycles. The molecule has 1 aliphatic rings. The van der Waals surface area contributed by atoms with E-state index in [9.17, 15) is 0 Å². The predicted molar refractivity (Wildman–Crippen MR) is 58.5 cm³/mol. The van der Waals surface area contributed by atoms with Gasteiger partial charge < -0.3 is 10.2 Å². The van der Waals surface area contributed by atoms with Crippen molar-refractivity contribution in [3.8, 4) is 0 Å². The molecule has 1 aliphatic heterocycles. The highest BCUT2D eigenvalue weighted by Gasteiger charge is 2.17. The molecule has 1 aromatic rings. The number of hydrogen-bond acceptors (Lipinski definition) is 3. The molecule has 0 aromatic carbocycles. The zero-order chi connectivity index (χ0) is 9.97. The maximum absolute atomic E-state index is 4.62. The normalized spacial score (nSPS) is 21.1. The highest BCUT2D eigenvalue weighted by Crippen LogP contribution is 2.22. The SMILES string of the molecule is CN(C)c1cccc([C@H]2CCCN2)n1. The van der Waals surface area contributed by atoms with Gasteiger partial charge in [-0.2, -0.15) is 0 Å². The highest BCUT2D eigenvalue weighted by molar-refractivity contribution is 5.37. The molecular weight excluding hydrogens is 174 g/mol. The Morgan fingerprint density at radius 2 is 2.29 bits per heavy atom. The van der Waals surface area contributed by atoms with Crippen LogP contribution in [-0.2, 0) is 0 Å². The minimum absolute atomic E-state index is 0.467. The molecule has 1 atom stereocenters. The minimum Gasteiger partial charge on any atom is -0.363 e. The van der Waals surface area contributed by atoms with Crippen LogP contribution in [0, 0.1) is 0 Å². The number of nitrogens with one attached hydrogen (secondary N) is 1. The Morgan fingerprint density at radius 1 is 1.43 bits per heavy atom. The first-order valence-corrected chi connectivity index (χ1v) is 5.15. The number of nitrogens with zero attached hydrogens (tertiary/aromatic N) is 2. The second kappa shape index (κ2) is 3.96. The van der Waals surface area contributed by atoms with E-state index in [1.165, 1.54) is 18.5 Å². The van der Waals surface area contributed by atoms with Crippen molar-refractivity contribution in [3.05, 3.63) is 23.9 Å². The third-order valence-corrected chi connectivity index (χ3v) is 2.63. The number of rotatable bonds is 2. The quantitative estimate of drug-likeness (QED) is 0.769. The Bertz CT molecular complexity index is 303. The molecule has 1 fully saturated rings. The van der Waals surface area contributed by atoms with Crippen LogP contribution in [0.1, 0.15) is 24.6 Å². The molecule has 0 spiro atoms. The summed E-state index contributed by atoms with van der Waals surface area (Å²) < 4.78 is 0. The number of anilines is 1. The van der Waals surface area contributed by atoms with Crippen molar-refractivity contribution in [3.63, 3.8) is 0 Å². The van der Waals surface area contributed by atoms with Crippen molar-refractivity contribution in [1.82, 2.24) is 10.3 Å². The summed E-state index contributed by atoms with van der Waals surface area (Å²) in [6, 6.07) is 6.70. The van der Waals surface area contributed by atoms with E-state index >= 15 is 0 Å². The van der Waals surface area contributed by atoms with Crippen molar-refractivity contribution in [1.29, 1.82) is 0 Å². The molecule has 0 bridgehead atoms. The Labute approximate surface area is 85.1 Å². The van der Waals surface area contributed by atoms with E-state index in [1.807, 2.05) is 25.1 Å². The minimum atomic E-state index is 0.467. The summed E-state index contributed by atoms with van der Waals surface area (Å²) in [4.78, 5) is 6.66. The van der Waals surface area contributed by atoms with Crippen LogP contribution in [0.5, 0.6) is 0 Å². The first-order valence-electron chi connectivity index (χ1n) is 5.15. The molecule has 0 aliphatic carbocycles. The number of aromatic nitrogens is 1. The third-order valence-electron chi connectivity index (χ3n) is 2.63. The van der Waals surface area contributed by atoms with Crippen LogP contribution < -0.4 is 10.2 Å². The zero-order valence-electron chi connectivity index (χ0n) is 8.83. The van der Waals surface area contributed by atoms with Crippen LogP contribution in [0.2, 0.25) is 0 Å². The summed E-state index contributed by atoms with van der Waals surface area (Å²) in [7, 11) is 4.04. The maximum atomic E-state index is 4.62. The number of hydrogen-bond donors (Lipinski definition) is 1. The predicted octanol–water partition coefficient (Wildman–Crippen LogP) is 1.57. The molecule has 76 valence electrons. The fourth-order valence-electron chi connectivity index (χ4n) is 1.82. The number of pyridine rings is 1. The topological polar surface area (TPSA) is 28.2 Å². The van der Waals surface area contributed by atoms with Gasteiger partial charge in [-0.1, -0.05) is 6.07 Å². The second-order valence-electron chi connectivity index (χ2n) is 3.96. The Hall–Kier alpha value is -1.09. The zero-order valence-corrected chi connectivity index (χ0v) is 8.83. The monoisotopic (exact) mass is 191 g/mol. The lowest BCUT2D eigenvalue weighted by Gasteiger charge is -2.15. The van der Waals surface area contributed by atoms with Gasteiger partial charge in [0, 0.05) is 20.1 Å². The second-order valence-corrected chi connectivity index (χ2v) is 3.96. The van der Waals surface area contributed by atoms with Crippen LogP contribution in [-0.4, -0.2) is 25.6 Å². The van der Waals surface area contributed by atoms with E-state index in [2.05, 4.69) is 22.4 Å². The maximum Gasteiger partial charge on any atom is 0.128 e. The van der Waals surface area contributed by atoms with Gasteiger partial charge in [0.05, 0.1) is 5.69 Å². The van der Waals surface area contributed by atoms with Crippen LogP contribution in [0.15, 0.2) is 18.2 Å². The fraction of sp³-hybridized carbons (Fsp3) is 0.545. The van der Waals surface area contributed by atoms with Crippen molar-refractivity contribution in [2.75, 3.05) is 25.5 Å². The standard InChI is InChI=1S/C11H17N3/c1-14(2)11-7-3-5-10(13-11)9-6-4-8-12-9/h3,5,7,9,12H,4,6,8H2,1-2H3/t9-/m1/s1. The van der Waals surface area contributed by atoms with Crippen molar-refractivity contribution < 1.29 is 0 Å². The summed E-state index contributed by atoms with van der Waals surface area (Å²) in [5.41, 5.74) is 1.17. The van der Waals surface area contributed by atoms with E-state index in [4.69, 9.17) is 0 Å². The first kappa shape index (κ1) is 9.46. The lowest BCUT2D eigenvalue weighted by molar-refractivity contribution is 0.627. The van der Waals surface area contributed by atoms with E-state index < -0.39 is 0 Å². The summed E-state index contributed by atoms with van der Waals surface area (Å²) in [5.74, 6) is 1.04. The van der Waals surface area contributed by atoms with Crippen LogP contribution in [0.25, 0.3) is 0 Å². The molecule has 0 unspecified atom stereocenters. The lowest BCUT2D eigenvalue weighted by atomic mass is 10.1. The van der Waals surface area contributed by atoms with E-state index in [1.54, 1.807) is 0 Å². The molecule has 0 saturated carbocycles. The van der Waals surface area contributed by atoms with Gasteiger partial charge in [-0.3, -0.25) is 0 Å². The third kappa shape index (κ3) is 1.87. The van der Waals surface area contributed by atoms with Gasteiger partial charge in [-0.15, -0.1) is 0 Å². The summed E-state index contributed by atoms with van der Waals surface area (Å²) >= 11 is 0. The Kier molecular flexibility index (Phi) is 2.68. The summed E-state index contributed by atoms with van der Waals surface area (Å²) in [5, 5.41) is 3.46. The van der Waals surface area contributed by atoms with Gasteiger partial charge in [0.15, 0.2) is 0 Å². The van der Waals surface area contributed by atoms with Gasteiger partial charge in [0.25, 0.3) is 0 Å². The first-order chi connectivity index (χ1) is 6.77. The summed E-state index contributed by atoms with van der Waals surface area (Å²) in [6.07, 6.45) is 2.47. The molecule has 2 rings (SSSR count). The van der Waals surface area contributed by atoms with Crippen LogP contribution in [0.4, 0.5) is 5.82 Å². The molecule has 3 heteroatoms. The molecule has 2 heterocycles. The van der Waals surface area contributed by atoms with Gasteiger partial charge in [-0.05, 0) is 31.5 Å². The van der Waals surface area contributed by atoms with Crippen molar-refractivity contribution in [2.45, 2.75) is 18.9 Å². The van der Waals surface area contributed by atoms with Gasteiger partial charge in [0.2, 0.25) is 0 Å². The average Bonchev–Trinajstić information content (AvgIpc) is 2.71. The van der Waals surface area contributed by atoms with Crippen molar-refractivity contribution in [2.24, 2.45) is 0 Å². The molecule has 0 amide bonds. The molecule has 14 heavy (non-hydrogen) atoms. The molecule has 1 saturated heterocycles. The smallest absolute Gasteiger partial charge is 0.128 e. The molecular formula is C11H17N3. The van der Waals surface area contributed by atoms with E-state index in [0.29, 0.717) is 6.04 Å². The summed E-state index contributed by atoms with van der Waals surface area (Å²) in [6.45, 7) is 1.12. The van der Waals surface area contributed by atoms with Crippen LogP contribution in [0.3, 0.4) is 0 Å². The molecule has 1 N–H and O–H groups in total. The van der Waals surface area contributed by atoms with Crippen LogP contribution >= 0.6 is 0 Å². The highest BCUT2D eigenvalue weighted by atomic mass is 15.1. The largest absolute Gasteiger partial charge is 0.363 e. The van der Waals surface area contributed by atoms with Gasteiger partial charge in [0.1, 0.15) is 5.82 Å². The lowest BCUT2D eigenvalue weighted by Crippen LogP contribution is -2.16. The fourth-order valence-corrected chi connectivity index (χ4v) is 1.82. The average molecular weight is 191 g/mol. The van der Waals surface area contributed by atoms with Gasteiger partial charge in [-0.25, -0.2) is 4.98 Å². The molecule has 3 nitrogen and oxygen atoms in total. The Balaban J connectivity index is 2.21. The van der Waals surface area contributed by atoms with E-state index in [0.717, 1.165) is 12.4 Å². The Morgan fingerprint density at radius 3 is 2.93 bits per heavy atom. The van der Waals surface area contributed by atoms with E-state index in [-0.39, 0.29) is 0 Å².